The summed E-state index contributed by atoms with van der Waals surface area (Å²) in [5.74, 6) is -0.0879. The van der Waals surface area contributed by atoms with E-state index >= 15 is 0 Å². The molecule has 0 aromatic heterocycles. The van der Waals surface area contributed by atoms with Crippen molar-refractivity contribution >= 4 is 23.2 Å². The van der Waals surface area contributed by atoms with Gasteiger partial charge in [0.1, 0.15) is 5.41 Å². The highest BCUT2D eigenvalue weighted by molar-refractivity contribution is 6.13. The van der Waals surface area contributed by atoms with E-state index in [1.807, 2.05) is 17.0 Å². The van der Waals surface area contributed by atoms with Gasteiger partial charge in [-0.3, -0.25) is 9.59 Å². The average molecular weight is 385 g/mol. The van der Waals surface area contributed by atoms with Crippen molar-refractivity contribution in [1.29, 1.82) is 0 Å². The second kappa shape index (κ2) is 8.11. The number of likely N-dealkylation sites (N-methyl/N-ethyl adjacent to an activating group) is 1. The van der Waals surface area contributed by atoms with Crippen LogP contribution in [0, 0.1) is 5.41 Å². The van der Waals surface area contributed by atoms with Crippen LogP contribution in [0.3, 0.4) is 0 Å². The molecule has 3 aliphatic rings. The van der Waals surface area contributed by atoms with Crippen molar-refractivity contribution < 1.29 is 9.59 Å². The monoisotopic (exact) mass is 384 g/mol. The fourth-order valence-corrected chi connectivity index (χ4v) is 4.31. The number of likely N-dealkylation sites (tertiary alicyclic amines) is 1. The zero-order chi connectivity index (χ0) is 19.6. The SMILES string of the molecule is CN1CCN(c2ccc(NC(=O)C3(C(=O)N4CCCCCC4)CC3)cc2)CC1. The van der Waals surface area contributed by atoms with Crippen molar-refractivity contribution in [2.45, 2.75) is 38.5 Å². The predicted octanol–water partition coefficient (Wildman–Crippen LogP) is 2.56. The summed E-state index contributed by atoms with van der Waals surface area (Å²) < 4.78 is 0. The summed E-state index contributed by atoms with van der Waals surface area (Å²) in [6, 6.07) is 8.05. The van der Waals surface area contributed by atoms with E-state index in [9.17, 15) is 9.59 Å². The molecule has 1 aromatic carbocycles. The lowest BCUT2D eigenvalue weighted by Gasteiger charge is -2.34. The smallest absolute Gasteiger partial charge is 0.240 e. The fourth-order valence-electron chi connectivity index (χ4n) is 4.31. The third-order valence-electron chi connectivity index (χ3n) is 6.48. The lowest BCUT2D eigenvalue weighted by atomic mass is 10.0. The van der Waals surface area contributed by atoms with Crippen LogP contribution in [0.1, 0.15) is 38.5 Å². The number of rotatable bonds is 4. The Bertz CT molecular complexity index is 698. The van der Waals surface area contributed by atoms with E-state index in [4.69, 9.17) is 0 Å². The van der Waals surface area contributed by atoms with Crippen molar-refractivity contribution in [3.05, 3.63) is 24.3 Å². The number of hydrogen-bond donors (Lipinski definition) is 1. The topological polar surface area (TPSA) is 55.9 Å². The molecule has 3 fully saturated rings. The summed E-state index contributed by atoms with van der Waals surface area (Å²) in [4.78, 5) is 32.6. The van der Waals surface area contributed by atoms with Gasteiger partial charge in [-0.25, -0.2) is 0 Å². The standard InChI is InChI=1S/C22H32N4O2/c1-24-14-16-25(17-15-24)19-8-6-18(7-9-19)23-20(27)22(10-11-22)21(28)26-12-4-2-3-5-13-26/h6-9H,2-5,10-17H2,1H3,(H,23,27). The normalized spacial score (nSPS) is 22.5. The summed E-state index contributed by atoms with van der Waals surface area (Å²) in [7, 11) is 2.15. The minimum Gasteiger partial charge on any atom is -0.369 e. The first-order valence-electron chi connectivity index (χ1n) is 10.7. The molecule has 1 aliphatic carbocycles. The molecule has 1 aromatic rings. The zero-order valence-electron chi connectivity index (χ0n) is 17.0. The number of piperazine rings is 1. The second-order valence-electron chi connectivity index (χ2n) is 8.58. The number of anilines is 2. The maximum atomic E-state index is 13.0. The van der Waals surface area contributed by atoms with E-state index in [1.54, 1.807) is 0 Å². The summed E-state index contributed by atoms with van der Waals surface area (Å²) in [6.07, 6.45) is 5.82. The van der Waals surface area contributed by atoms with Gasteiger partial charge in [0, 0.05) is 50.6 Å². The molecular weight excluding hydrogens is 352 g/mol. The summed E-state index contributed by atoms with van der Waals surface area (Å²) >= 11 is 0. The molecule has 4 rings (SSSR count). The van der Waals surface area contributed by atoms with Gasteiger partial charge in [-0.15, -0.1) is 0 Å². The number of carbonyl (C=O) groups excluding carboxylic acids is 2. The van der Waals surface area contributed by atoms with Gasteiger partial charge in [0.25, 0.3) is 0 Å². The second-order valence-corrected chi connectivity index (χ2v) is 8.58. The Morgan fingerprint density at radius 2 is 1.46 bits per heavy atom. The number of carbonyl (C=O) groups is 2. The van der Waals surface area contributed by atoms with Crippen LogP contribution >= 0.6 is 0 Å². The molecular formula is C22H32N4O2. The number of nitrogens with zero attached hydrogens (tertiary/aromatic N) is 3. The maximum absolute atomic E-state index is 13.0. The molecule has 2 heterocycles. The summed E-state index contributed by atoms with van der Waals surface area (Å²) in [6.45, 7) is 5.78. The van der Waals surface area contributed by atoms with Gasteiger partial charge in [-0.05, 0) is 57.0 Å². The first-order valence-corrected chi connectivity index (χ1v) is 10.7. The zero-order valence-corrected chi connectivity index (χ0v) is 17.0. The molecule has 0 spiro atoms. The van der Waals surface area contributed by atoms with E-state index in [1.165, 1.54) is 18.5 Å². The Morgan fingerprint density at radius 1 is 0.857 bits per heavy atom. The van der Waals surface area contributed by atoms with Crippen LogP contribution in [0.5, 0.6) is 0 Å². The van der Waals surface area contributed by atoms with Crippen LogP contribution in [-0.2, 0) is 9.59 Å². The van der Waals surface area contributed by atoms with Crippen LogP contribution in [0.15, 0.2) is 24.3 Å². The van der Waals surface area contributed by atoms with Crippen LogP contribution in [0.2, 0.25) is 0 Å². The highest BCUT2D eigenvalue weighted by atomic mass is 16.2. The first-order chi connectivity index (χ1) is 13.6. The lowest BCUT2D eigenvalue weighted by molar-refractivity contribution is -0.142. The highest BCUT2D eigenvalue weighted by Crippen LogP contribution is 2.48. The summed E-state index contributed by atoms with van der Waals surface area (Å²) in [5, 5.41) is 3.00. The van der Waals surface area contributed by atoms with Crippen molar-refractivity contribution in [3.8, 4) is 0 Å². The number of amides is 2. The molecule has 0 atom stereocenters. The Hall–Kier alpha value is -2.08. The molecule has 0 unspecified atom stereocenters. The lowest BCUT2D eigenvalue weighted by Crippen LogP contribution is -2.44. The number of hydrogen-bond acceptors (Lipinski definition) is 4. The van der Waals surface area contributed by atoms with Crippen molar-refractivity contribution in [2.75, 3.05) is 56.5 Å². The van der Waals surface area contributed by atoms with Gasteiger partial charge < -0.3 is 20.0 Å². The Labute approximate surface area is 167 Å². The van der Waals surface area contributed by atoms with Crippen molar-refractivity contribution in [3.63, 3.8) is 0 Å². The molecule has 152 valence electrons. The van der Waals surface area contributed by atoms with Crippen molar-refractivity contribution in [2.24, 2.45) is 5.41 Å². The van der Waals surface area contributed by atoms with E-state index in [0.29, 0.717) is 12.8 Å². The third-order valence-corrected chi connectivity index (χ3v) is 6.48. The van der Waals surface area contributed by atoms with Crippen molar-refractivity contribution in [1.82, 2.24) is 9.80 Å². The molecule has 0 bridgehead atoms. The summed E-state index contributed by atoms with van der Waals surface area (Å²) in [5.41, 5.74) is 1.14. The van der Waals surface area contributed by atoms with Crippen LogP contribution < -0.4 is 10.2 Å². The van der Waals surface area contributed by atoms with E-state index in [-0.39, 0.29) is 11.8 Å². The Morgan fingerprint density at radius 3 is 2.04 bits per heavy atom. The molecule has 2 aliphatic heterocycles. The third kappa shape index (κ3) is 4.02. The van der Waals surface area contributed by atoms with Crippen LogP contribution in [0.4, 0.5) is 11.4 Å². The van der Waals surface area contributed by atoms with Gasteiger partial charge in [0.05, 0.1) is 0 Å². The minimum absolute atomic E-state index is 0.0426. The molecule has 1 N–H and O–H groups in total. The van der Waals surface area contributed by atoms with E-state index in [2.05, 4.69) is 34.3 Å². The molecule has 2 amide bonds. The first kappa shape index (κ1) is 19.2. The molecule has 0 radical (unpaired) electrons. The number of benzene rings is 1. The molecule has 1 saturated carbocycles. The fraction of sp³-hybridized carbons (Fsp3) is 0.636. The Balaban J connectivity index is 1.37. The van der Waals surface area contributed by atoms with Gasteiger partial charge in [0.15, 0.2) is 0 Å². The minimum atomic E-state index is -0.819. The van der Waals surface area contributed by atoms with Gasteiger partial charge in [-0.1, -0.05) is 12.8 Å². The van der Waals surface area contributed by atoms with E-state index < -0.39 is 5.41 Å². The van der Waals surface area contributed by atoms with Crippen LogP contribution in [-0.4, -0.2) is 67.9 Å². The molecule has 6 heteroatoms. The Kier molecular flexibility index (Phi) is 5.58. The largest absolute Gasteiger partial charge is 0.369 e. The number of nitrogens with one attached hydrogen (secondary N) is 1. The quantitative estimate of drug-likeness (QED) is 0.811. The van der Waals surface area contributed by atoms with Gasteiger partial charge in [-0.2, -0.15) is 0 Å². The highest BCUT2D eigenvalue weighted by Gasteiger charge is 2.57. The average Bonchev–Trinajstić information content (AvgIpc) is 3.54. The predicted molar refractivity (Wildman–Crippen MR) is 111 cm³/mol. The van der Waals surface area contributed by atoms with Gasteiger partial charge in [0.2, 0.25) is 11.8 Å². The van der Waals surface area contributed by atoms with Crippen LogP contribution in [0.25, 0.3) is 0 Å². The molecule has 6 nitrogen and oxygen atoms in total. The molecule has 2 saturated heterocycles. The van der Waals surface area contributed by atoms with E-state index in [0.717, 1.165) is 57.8 Å². The maximum Gasteiger partial charge on any atom is 0.240 e. The molecule has 28 heavy (non-hydrogen) atoms. The van der Waals surface area contributed by atoms with Gasteiger partial charge >= 0.3 is 0 Å².